The van der Waals surface area contributed by atoms with Gasteiger partial charge >= 0.3 is 67.8 Å². The molecule has 0 aliphatic heterocycles. The van der Waals surface area contributed by atoms with Crippen LogP contribution in [0.15, 0.2) is 43.0 Å². The van der Waals surface area contributed by atoms with E-state index in [-0.39, 0.29) is 33.6 Å². The van der Waals surface area contributed by atoms with E-state index in [1.54, 1.807) is 0 Å². The summed E-state index contributed by atoms with van der Waals surface area (Å²) < 4.78 is 45.0. The first-order valence-electron chi connectivity index (χ1n) is 6.91. The van der Waals surface area contributed by atoms with Crippen LogP contribution in [0.1, 0.15) is 31.2 Å². The van der Waals surface area contributed by atoms with E-state index in [1.165, 1.54) is 0 Å². The van der Waals surface area contributed by atoms with Gasteiger partial charge in [-0.15, -0.1) is 6.58 Å². The first-order chi connectivity index (χ1) is 13.8. The largest absolute Gasteiger partial charge is 0 e. The van der Waals surface area contributed by atoms with Crippen molar-refractivity contribution in [2.24, 2.45) is 0 Å². The quantitative estimate of drug-likeness (QED) is 0.262. The van der Waals surface area contributed by atoms with E-state index in [1.807, 2.05) is 36.4 Å². The number of hydrogen-bond acceptors (Lipinski definition) is 1. The summed E-state index contributed by atoms with van der Waals surface area (Å²) in [5, 5.41) is 9.61. The zero-order chi connectivity index (χ0) is 23.6. The molecule has 162 valence electrons. The molecule has 0 bridgehead atoms. The van der Waals surface area contributed by atoms with Gasteiger partial charge in [0.15, 0.2) is 0 Å². The first-order valence-corrected chi connectivity index (χ1v) is 6.91. The van der Waals surface area contributed by atoms with Gasteiger partial charge in [-0.1, -0.05) is 42.8 Å². The number of allylic oxidation sites excluding steroid dienone is 1. The maximum atomic E-state index is 9.61. The van der Waals surface area contributed by atoms with Gasteiger partial charge in [0.25, 0.3) is 0 Å². The third-order valence-electron chi connectivity index (χ3n) is 2.29. The molecule has 1 aromatic rings. The Kier molecular flexibility index (Phi) is 121. The molecule has 30 heavy (non-hydrogen) atoms. The summed E-state index contributed by atoms with van der Waals surface area (Å²) in [5.74, 6) is 0. The van der Waals surface area contributed by atoms with Gasteiger partial charge in [0.1, 0.15) is 0 Å². The van der Waals surface area contributed by atoms with E-state index in [9.17, 15) is 5.11 Å². The van der Waals surface area contributed by atoms with E-state index in [2.05, 4.69) is 58.6 Å². The van der Waals surface area contributed by atoms with Gasteiger partial charge in [-0.05, 0) is 37.0 Å². The van der Waals surface area contributed by atoms with Crippen molar-refractivity contribution in [3.63, 3.8) is 0 Å². The van der Waals surface area contributed by atoms with Gasteiger partial charge in [0.2, 0.25) is 0 Å². The molecule has 7 nitrogen and oxygen atoms in total. The molecule has 9 heteroatoms. The molecular weight excluding hydrogens is 482 g/mol. The number of rotatable bonds is 7. The van der Waals surface area contributed by atoms with Crippen molar-refractivity contribution in [1.29, 1.82) is 0 Å². The minimum absolute atomic E-state index is 0. The SMILES string of the molecule is C=CCCCCC(O)[C]=[C]c1ccccc1.[C-]#[O+].[C-]#[O+].[C-]#[O+].[C-]#[O+].[C-]#[O+].[C-]#[O+].[Co].[Co]. The van der Waals surface area contributed by atoms with E-state index in [0.717, 1.165) is 31.2 Å². The molecule has 0 aromatic heterocycles. The smallest absolute Gasteiger partial charge is 0 e. The van der Waals surface area contributed by atoms with Gasteiger partial charge in [-0.3, -0.25) is 0 Å². The number of unbranched alkanes of at least 4 members (excludes halogenated alkanes) is 2. The van der Waals surface area contributed by atoms with Crippen LogP contribution >= 0.6 is 0 Å². The van der Waals surface area contributed by atoms with Gasteiger partial charge in [0.05, 0.1) is 6.10 Å². The van der Waals surface area contributed by atoms with Crippen molar-refractivity contribution in [1.82, 2.24) is 0 Å². The molecule has 1 N–H and O–H groups in total. The summed E-state index contributed by atoms with van der Waals surface area (Å²) in [6, 6.07) is 9.73. The molecule has 0 fully saturated rings. The maximum Gasteiger partial charge on any atom is 0 e. The molecule has 0 amide bonds. The molecule has 1 rings (SSSR count). The third kappa shape index (κ3) is 56.2. The number of benzene rings is 1. The van der Waals surface area contributed by atoms with Gasteiger partial charge in [0, 0.05) is 33.6 Å². The van der Waals surface area contributed by atoms with Crippen LogP contribution in [0, 0.1) is 52.1 Å². The van der Waals surface area contributed by atoms with E-state index in [4.69, 9.17) is 27.9 Å². The van der Waals surface area contributed by atoms with E-state index >= 15 is 0 Å². The zero-order valence-electron chi connectivity index (χ0n) is 15.6. The molecule has 0 heterocycles. The van der Waals surface area contributed by atoms with Crippen molar-refractivity contribution in [3.05, 3.63) is 101 Å². The van der Waals surface area contributed by atoms with E-state index in [0.29, 0.717) is 0 Å². The van der Waals surface area contributed by atoms with Crippen molar-refractivity contribution in [2.45, 2.75) is 31.8 Å². The predicted octanol–water partition coefficient (Wildman–Crippen LogP) is 3.07. The summed E-state index contributed by atoms with van der Waals surface area (Å²) in [7, 11) is 0. The van der Waals surface area contributed by atoms with Crippen molar-refractivity contribution in [2.75, 3.05) is 0 Å². The Labute approximate surface area is 198 Å². The molecule has 0 aliphatic carbocycles. The number of hydrogen-bond donors (Lipinski definition) is 1. The molecule has 0 aliphatic rings. The molecule has 4 radical (unpaired) electrons. The topological polar surface area (TPSA) is 140 Å². The fourth-order valence-corrected chi connectivity index (χ4v) is 1.39. The Morgan fingerprint density at radius 1 is 0.800 bits per heavy atom. The molecule has 1 unspecified atom stereocenters. The van der Waals surface area contributed by atoms with Crippen LogP contribution in [0.2, 0.25) is 0 Å². The second kappa shape index (κ2) is 71.2. The minimum Gasteiger partial charge on any atom is 0 e. The predicted molar refractivity (Wildman–Crippen MR) is 90.3 cm³/mol. The van der Waals surface area contributed by atoms with Crippen LogP contribution in [0.3, 0.4) is 0 Å². The van der Waals surface area contributed by atoms with Crippen molar-refractivity contribution >= 4 is 0 Å². The summed E-state index contributed by atoms with van der Waals surface area (Å²) in [5.41, 5.74) is 0.952. The van der Waals surface area contributed by atoms with Crippen LogP contribution in [0.5, 0.6) is 0 Å². The second-order valence-corrected chi connectivity index (χ2v) is 3.72. The van der Waals surface area contributed by atoms with Gasteiger partial charge in [-0.2, -0.15) is 0 Å². The van der Waals surface area contributed by atoms with Crippen LogP contribution in [0.4, 0.5) is 0 Å². The van der Waals surface area contributed by atoms with Crippen LogP contribution in [-0.4, -0.2) is 11.2 Å². The molecular formula is C21H18Co2O7. The van der Waals surface area contributed by atoms with Crippen LogP contribution in [-0.2, 0) is 61.5 Å². The Balaban J connectivity index is -0.0000000498. The normalized spacial score (nSPS) is 7.23. The second-order valence-electron chi connectivity index (χ2n) is 3.72. The standard InChI is InChI=1S/C15H18O.6CO.2Co/c1-2-3-4-8-11-15(16)13-12-14-9-6-5-7-10-14;6*1-2;;/h2,5-7,9-10,15-16H,1,3-4,8,11H2;;;;;;;;. The average molecular weight is 500 g/mol. The number of aliphatic hydroxyl groups excluding tert-OH is 1. The van der Waals surface area contributed by atoms with Crippen LogP contribution < -0.4 is 0 Å². The summed E-state index contributed by atoms with van der Waals surface area (Å²) in [6.45, 7) is 30.7. The summed E-state index contributed by atoms with van der Waals surface area (Å²) in [4.78, 5) is 0. The maximum absolute atomic E-state index is 9.61. The van der Waals surface area contributed by atoms with Crippen molar-refractivity contribution < 1.29 is 66.6 Å². The molecule has 1 aromatic carbocycles. The Morgan fingerprint density at radius 2 is 1.20 bits per heavy atom. The fourth-order valence-electron chi connectivity index (χ4n) is 1.39. The zero-order valence-corrected chi connectivity index (χ0v) is 17.7. The van der Waals surface area contributed by atoms with Crippen LogP contribution in [0.25, 0.3) is 0 Å². The first kappa shape index (κ1) is 51.1. The Bertz CT molecular complexity index is 513. The molecule has 0 saturated carbocycles. The summed E-state index contributed by atoms with van der Waals surface area (Å²) >= 11 is 0. The average Bonchev–Trinajstić information content (AvgIpc) is 2.84. The minimum atomic E-state index is -0.509. The van der Waals surface area contributed by atoms with Crippen molar-refractivity contribution in [3.8, 4) is 0 Å². The summed E-state index contributed by atoms with van der Waals surface area (Å²) in [6.07, 6.45) is 11.0. The van der Waals surface area contributed by atoms with Gasteiger partial charge < -0.3 is 5.11 Å². The fraction of sp³-hybridized carbons (Fsp3) is 0.238. The Morgan fingerprint density at radius 3 is 1.57 bits per heavy atom. The third-order valence-corrected chi connectivity index (χ3v) is 2.29. The molecule has 0 spiro atoms. The molecule has 1 atom stereocenters. The van der Waals surface area contributed by atoms with Gasteiger partial charge in [-0.25, -0.2) is 0 Å². The molecule has 0 saturated heterocycles. The number of aliphatic hydroxyl groups is 1. The van der Waals surface area contributed by atoms with E-state index < -0.39 is 6.10 Å². The monoisotopic (exact) mass is 500 g/mol. The Hall–Kier alpha value is -1.89.